The number of rotatable bonds is 6. The molecule has 0 aliphatic carbocycles. The summed E-state index contributed by atoms with van der Waals surface area (Å²) in [6, 6.07) is 11.4. The van der Waals surface area contributed by atoms with Gasteiger partial charge in [-0.15, -0.1) is 0 Å². The van der Waals surface area contributed by atoms with Crippen LogP contribution in [0.2, 0.25) is 0 Å². The third-order valence-electron chi connectivity index (χ3n) is 3.65. The van der Waals surface area contributed by atoms with Crippen molar-refractivity contribution in [1.29, 1.82) is 0 Å². The summed E-state index contributed by atoms with van der Waals surface area (Å²) in [5, 5.41) is 7.96. The van der Waals surface area contributed by atoms with Gasteiger partial charge in [-0.2, -0.15) is 5.10 Å². The van der Waals surface area contributed by atoms with E-state index in [2.05, 4.69) is 67.7 Å². The summed E-state index contributed by atoms with van der Waals surface area (Å²) in [7, 11) is 2.01. The molecule has 1 aromatic carbocycles. The Morgan fingerprint density at radius 1 is 1.15 bits per heavy atom. The Bertz CT molecular complexity index is 525. The molecule has 0 aliphatic rings. The van der Waals surface area contributed by atoms with Crippen molar-refractivity contribution in [2.45, 2.75) is 39.2 Å². The molecule has 0 saturated heterocycles. The number of benzene rings is 1. The molecule has 0 fully saturated rings. The van der Waals surface area contributed by atoms with E-state index in [1.807, 2.05) is 11.7 Å². The zero-order valence-electron chi connectivity index (χ0n) is 12.9. The molecule has 3 heteroatoms. The molecule has 2 rings (SSSR count). The number of hydrogen-bond donors (Lipinski definition) is 1. The molecular weight excluding hydrogens is 246 g/mol. The fraction of sp³-hybridized carbons (Fsp3) is 0.471. The summed E-state index contributed by atoms with van der Waals surface area (Å²) in [5.74, 6) is 0.469. The maximum atomic E-state index is 4.66. The number of aromatic nitrogens is 2. The summed E-state index contributed by atoms with van der Waals surface area (Å²) < 4.78 is 2.03. The second-order valence-corrected chi connectivity index (χ2v) is 5.75. The number of nitrogens with zero attached hydrogens (tertiary/aromatic N) is 2. The Balaban J connectivity index is 2.14. The van der Waals surface area contributed by atoms with Gasteiger partial charge < -0.3 is 5.32 Å². The van der Waals surface area contributed by atoms with Gasteiger partial charge >= 0.3 is 0 Å². The highest BCUT2D eigenvalue weighted by atomic mass is 15.3. The average molecular weight is 271 g/mol. The van der Waals surface area contributed by atoms with Gasteiger partial charge in [-0.3, -0.25) is 4.68 Å². The minimum atomic E-state index is 0.422. The van der Waals surface area contributed by atoms with Gasteiger partial charge in [0.25, 0.3) is 0 Å². The van der Waals surface area contributed by atoms with E-state index in [1.54, 1.807) is 0 Å². The van der Waals surface area contributed by atoms with E-state index in [-0.39, 0.29) is 0 Å². The molecule has 108 valence electrons. The largest absolute Gasteiger partial charge is 0.319 e. The first-order chi connectivity index (χ1) is 9.60. The molecule has 1 atom stereocenters. The first kappa shape index (κ1) is 14.8. The fourth-order valence-corrected chi connectivity index (χ4v) is 2.42. The number of likely N-dealkylation sites (N-methyl/N-ethyl adjacent to an activating group) is 1. The number of nitrogens with one attached hydrogen (secondary N) is 1. The molecule has 1 N–H and O–H groups in total. The lowest BCUT2D eigenvalue weighted by atomic mass is 9.93. The van der Waals surface area contributed by atoms with Gasteiger partial charge in [-0.1, -0.05) is 29.8 Å². The Kier molecular flexibility index (Phi) is 4.96. The van der Waals surface area contributed by atoms with Crippen LogP contribution in [0.15, 0.2) is 36.5 Å². The van der Waals surface area contributed by atoms with Crippen LogP contribution in [0.1, 0.15) is 42.6 Å². The van der Waals surface area contributed by atoms with E-state index in [0.29, 0.717) is 12.0 Å². The molecule has 3 nitrogen and oxygen atoms in total. The Labute approximate surface area is 122 Å². The first-order valence-electron chi connectivity index (χ1n) is 7.35. The molecule has 2 aromatic rings. The van der Waals surface area contributed by atoms with Gasteiger partial charge in [0, 0.05) is 24.7 Å². The minimum absolute atomic E-state index is 0.422. The maximum Gasteiger partial charge on any atom is 0.0631 e. The monoisotopic (exact) mass is 271 g/mol. The molecule has 0 amide bonds. The van der Waals surface area contributed by atoms with Gasteiger partial charge in [-0.05, 0) is 45.9 Å². The van der Waals surface area contributed by atoms with Gasteiger partial charge in [0.2, 0.25) is 0 Å². The predicted molar refractivity (Wildman–Crippen MR) is 84.2 cm³/mol. The van der Waals surface area contributed by atoms with Crippen LogP contribution in [-0.2, 0) is 6.42 Å². The smallest absolute Gasteiger partial charge is 0.0631 e. The normalized spacial score (nSPS) is 12.8. The standard InChI is InChI=1S/C17H25N3/c1-13(2)20-10-9-17(19-20)11-16(12-18-4)15-7-5-14(3)6-8-15/h5-10,13,16,18H,11-12H2,1-4H3. The van der Waals surface area contributed by atoms with Gasteiger partial charge in [0.15, 0.2) is 0 Å². The van der Waals surface area contributed by atoms with Crippen molar-refractivity contribution in [1.82, 2.24) is 15.1 Å². The van der Waals surface area contributed by atoms with Crippen LogP contribution >= 0.6 is 0 Å². The highest BCUT2D eigenvalue weighted by Crippen LogP contribution is 2.20. The van der Waals surface area contributed by atoms with Crippen molar-refractivity contribution in [3.8, 4) is 0 Å². The summed E-state index contributed by atoms with van der Waals surface area (Å²) in [4.78, 5) is 0. The van der Waals surface area contributed by atoms with E-state index >= 15 is 0 Å². The van der Waals surface area contributed by atoms with Crippen LogP contribution in [-0.4, -0.2) is 23.4 Å². The van der Waals surface area contributed by atoms with Gasteiger partial charge in [0.1, 0.15) is 0 Å². The molecular formula is C17H25N3. The molecule has 0 radical (unpaired) electrons. The fourth-order valence-electron chi connectivity index (χ4n) is 2.42. The molecule has 20 heavy (non-hydrogen) atoms. The van der Waals surface area contributed by atoms with Crippen LogP contribution in [0.25, 0.3) is 0 Å². The number of aryl methyl sites for hydroxylation is 1. The van der Waals surface area contributed by atoms with Crippen molar-refractivity contribution in [2.24, 2.45) is 0 Å². The SMILES string of the molecule is CNCC(Cc1ccn(C(C)C)n1)c1ccc(C)cc1. The van der Waals surface area contributed by atoms with Crippen molar-refractivity contribution in [3.63, 3.8) is 0 Å². The maximum absolute atomic E-state index is 4.66. The van der Waals surface area contributed by atoms with Crippen molar-refractivity contribution >= 4 is 0 Å². The second kappa shape index (κ2) is 6.71. The van der Waals surface area contributed by atoms with Crippen LogP contribution in [0, 0.1) is 6.92 Å². The van der Waals surface area contributed by atoms with E-state index in [1.165, 1.54) is 16.8 Å². The number of hydrogen-bond acceptors (Lipinski definition) is 2. The average Bonchev–Trinajstić information content (AvgIpc) is 2.88. The summed E-state index contributed by atoms with van der Waals surface area (Å²) in [5.41, 5.74) is 3.85. The minimum Gasteiger partial charge on any atom is -0.319 e. The second-order valence-electron chi connectivity index (χ2n) is 5.75. The third-order valence-corrected chi connectivity index (χ3v) is 3.65. The molecule has 0 saturated carbocycles. The van der Waals surface area contributed by atoms with Crippen molar-refractivity contribution < 1.29 is 0 Å². The molecule has 1 heterocycles. The first-order valence-corrected chi connectivity index (χ1v) is 7.35. The zero-order valence-corrected chi connectivity index (χ0v) is 12.9. The van der Waals surface area contributed by atoms with Crippen LogP contribution in [0.3, 0.4) is 0 Å². The van der Waals surface area contributed by atoms with Gasteiger partial charge in [-0.25, -0.2) is 0 Å². The van der Waals surface area contributed by atoms with Crippen LogP contribution in [0.4, 0.5) is 0 Å². The quantitative estimate of drug-likeness (QED) is 0.873. The van der Waals surface area contributed by atoms with Crippen molar-refractivity contribution in [2.75, 3.05) is 13.6 Å². The van der Waals surface area contributed by atoms with E-state index in [0.717, 1.165) is 13.0 Å². The lowest BCUT2D eigenvalue weighted by Crippen LogP contribution is -2.19. The van der Waals surface area contributed by atoms with Crippen LogP contribution < -0.4 is 5.32 Å². The lowest BCUT2D eigenvalue weighted by Gasteiger charge is -2.16. The molecule has 0 aliphatic heterocycles. The van der Waals surface area contributed by atoms with E-state index in [4.69, 9.17) is 0 Å². The van der Waals surface area contributed by atoms with E-state index in [9.17, 15) is 0 Å². The van der Waals surface area contributed by atoms with Crippen molar-refractivity contribution in [3.05, 3.63) is 53.3 Å². The zero-order chi connectivity index (χ0) is 14.5. The lowest BCUT2D eigenvalue weighted by molar-refractivity contribution is 0.520. The molecule has 0 bridgehead atoms. The topological polar surface area (TPSA) is 29.9 Å². The van der Waals surface area contributed by atoms with E-state index < -0.39 is 0 Å². The summed E-state index contributed by atoms with van der Waals surface area (Å²) >= 11 is 0. The Hall–Kier alpha value is -1.61. The predicted octanol–water partition coefficient (Wildman–Crippen LogP) is 3.32. The highest BCUT2D eigenvalue weighted by Gasteiger charge is 2.13. The Morgan fingerprint density at radius 3 is 2.40 bits per heavy atom. The Morgan fingerprint density at radius 2 is 1.85 bits per heavy atom. The van der Waals surface area contributed by atoms with Crippen LogP contribution in [0.5, 0.6) is 0 Å². The van der Waals surface area contributed by atoms with Gasteiger partial charge in [0.05, 0.1) is 5.69 Å². The third kappa shape index (κ3) is 3.70. The summed E-state index contributed by atoms with van der Waals surface area (Å²) in [6.45, 7) is 7.41. The highest BCUT2D eigenvalue weighted by molar-refractivity contribution is 5.26. The molecule has 0 spiro atoms. The molecule has 1 unspecified atom stereocenters. The summed E-state index contributed by atoms with van der Waals surface area (Å²) in [6.07, 6.45) is 3.05. The molecule has 1 aromatic heterocycles.